The second-order valence-electron chi connectivity index (χ2n) is 6.85. The minimum atomic E-state index is 0.0355. The number of hydrogen-bond donors (Lipinski definition) is 1. The smallest absolute Gasteiger partial charge is 0.224 e. The maximum absolute atomic E-state index is 12.1. The van der Waals surface area contributed by atoms with Gasteiger partial charge in [-0.2, -0.15) is 0 Å². The van der Waals surface area contributed by atoms with Crippen LogP contribution in [0.3, 0.4) is 0 Å². The number of carbonyl (C=O) groups is 1. The Kier molecular flexibility index (Phi) is 6.28. The standard InChI is InChI=1S/C20H28N4O2/c1-16-19(17(2)26-22-16)15-20(25)21-9-6-10-23-11-13-24(14-12-23)18-7-4-3-5-8-18/h3-5,7-8H,6,9-15H2,1-2H3,(H,21,25). The van der Waals surface area contributed by atoms with Gasteiger partial charge >= 0.3 is 0 Å². The van der Waals surface area contributed by atoms with Crippen molar-refractivity contribution in [1.82, 2.24) is 15.4 Å². The molecule has 1 aromatic carbocycles. The van der Waals surface area contributed by atoms with Crippen LogP contribution in [0.2, 0.25) is 0 Å². The van der Waals surface area contributed by atoms with Crippen LogP contribution >= 0.6 is 0 Å². The van der Waals surface area contributed by atoms with E-state index in [1.807, 2.05) is 13.8 Å². The maximum atomic E-state index is 12.1. The van der Waals surface area contributed by atoms with E-state index in [9.17, 15) is 4.79 Å². The number of aryl methyl sites for hydroxylation is 2. The molecule has 26 heavy (non-hydrogen) atoms. The molecule has 0 atom stereocenters. The van der Waals surface area contributed by atoms with E-state index >= 15 is 0 Å². The number of hydrogen-bond acceptors (Lipinski definition) is 5. The first-order valence-electron chi connectivity index (χ1n) is 9.34. The van der Waals surface area contributed by atoms with Gasteiger partial charge in [-0.3, -0.25) is 9.69 Å². The highest BCUT2D eigenvalue weighted by molar-refractivity contribution is 5.78. The number of rotatable bonds is 7. The molecule has 1 amide bonds. The molecule has 6 nitrogen and oxygen atoms in total. The summed E-state index contributed by atoms with van der Waals surface area (Å²) in [6, 6.07) is 10.6. The van der Waals surface area contributed by atoms with Crippen molar-refractivity contribution in [3.8, 4) is 0 Å². The van der Waals surface area contributed by atoms with Gasteiger partial charge in [0.05, 0.1) is 12.1 Å². The van der Waals surface area contributed by atoms with E-state index in [-0.39, 0.29) is 5.91 Å². The van der Waals surface area contributed by atoms with Gasteiger partial charge in [-0.05, 0) is 38.9 Å². The van der Waals surface area contributed by atoms with Crippen molar-refractivity contribution in [2.75, 3.05) is 44.2 Å². The predicted molar refractivity (Wildman–Crippen MR) is 102 cm³/mol. The lowest BCUT2D eigenvalue weighted by molar-refractivity contribution is -0.120. The third kappa shape index (κ3) is 4.85. The lowest BCUT2D eigenvalue weighted by atomic mass is 10.1. The Morgan fingerprint density at radius 3 is 2.54 bits per heavy atom. The topological polar surface area (TPSA) is 61.6 Å². The number of amides is 1. The molecule has 1 aromatic heterocycles. The van der Waals surface area contributed by atoms with Crippen LogP contribution in [0, 0.1) is 13.8 Å². The number of anilines is 1. The molecule has 6 heteroatoms. The molecule has 3 rings (SSSR count). The number of nitrogens with zero attached hydrogens (tertiary/aromatic N) is 3. The number of carbonyl (C=O) groups excluding carboxylic acids is 1. The zero-order valence-electron chi connectivity index (χ0n) is 15.7. The monoisotopic (exact) mass is 356 g/mol. The second kappa shape index (κ2) is 8.85. The molecular weight excluding hydrogens is 328 g/mol. The van der Waals surface area contributed by atoms with Crippen LogP contribution in [0.1, 0.15) is 23.4 Å². The van der Waals surface area contributed by atoms with E-state index in [2.05, 4.69) is 50.6 Å². The van der Waals surface area contributed by atoms with E-state index in [1.54, 1.807) is 0 Å². The first-order chi connectivity index (χ1) is 12.6. The summed E-state index contributed by atoms with van der Waals surface area (Å²) >= 11 is 0. The quantitative estimate of drug-likeness (QED) is 0.771. The molecule has 140 valence electrons. The van der Waals surface area contributed by atoms with Gasteiger partial charge in [0, 0.05) is 44.0 Å². The predicted octanol–water partition coefficient (Wildman–Crippen LogP) is 2.16. The zero-order chi connectivity index (χ0) is 18.4. The summed E-state index contributed by atoms with van der Waals surface area (Å²) in [5, 5.41) is 6.89. The average molecular weight is 356 g/mol. The Bertz CT molecular complexity index is 686. The van der Waals surface area contributed by atoms with Gasteiger partial charge in [0.2, 0.25) is 5.91 Å². The van der Waals surface area contributed by atoms with Crippen molar-refractivity contribution in [1.29, 1.82) is 0 Å². The SMILES string of the molecule is Cc1noc(C)c1CC(=O)NCCCN1CCN(c2ccccc2)CC1. The molecule has 0 bridgehead atoms. The Hall–Kier alpha value is -2.34. The number of nitrogens with one attached hydrogen (secondary N) is 1. The van der Waals surface area contributed by atoms with Crippen molar-refractivity contribution in [2.24, 2.45) is 0 Å². The molecule has 2 heterocycles. The molecule has 1 N–H and O–H groups in total. The van der Waals surface area contributed by atoms with Gasteiger partial charge in [0.25, 0.3) is 0 Å². The Balaban J connectivity index is 1.32. The van der Waals surface area contributed by atoms with E-state index in [4.69, 9.17) is 4.52 Å². The van der Waals surface area contributed by atoms with Gasteiger partial charge in [-0.15, -0.1) is 0 Å². The highest BCUT2D eigenvalue weighted by atomic mass is 16.5. The highest BCUT2D eigenvalue weighted by Crippen LogP contribution is 2.15. The first-order valence-corrected chi connectivity index (χ1v) is 9.34. The summed E-state index contributed by atoms with van der Waals surface area (Å²) in [4.78, 5) is 17.0. The van der Waals surface area contributed by atoms with Crippen molar-refractivity contribution in [3.63, 3.8) is 0 Å². The number of benzene rings is 1. The molecule has 0 aliphatic carbocycles. The van der Waals surface area contributed by atoms with Crippen LogP contribution in [0.15, 0.2) is 34.9 Å². The highest BCUT2D eigenvalue weighted by Gasteiger charge is 2.17. The summed E-state index contributed by atoms with van der Waals surface area (Å²) in [6.45, 7) is 9.70. The average Bonchev–Trinajstić information content (AvgIpc) is 2.98. The van der Waals surface area contributed by atoms with Gasteiger partial charge in [-0.25, -0.2) is 0 Å². The fourth-order valence-corrected chi connectivity index (χ4v) is 3.38. The van der Waals surface area contributed by atoms with Crippen LogP contribution in [-0.4, -0.2) is 55.2 Å². The molecule has 2 aromatic rings. The lowest BCUT2D eigenvalue weighted by Crippen LogP contribution is -2.47. The molecule has 0 spiro atoms. The van der Waals surface area contributed by atoms with Crippen molar-refractivity contribution < 1.29 is 9.32 Å². The van der Waals surface area contributed by atoms with Crippen LogP contribution < -0.4 is 10.2 Å². The summed E-state index contributed by atoms with van der Waals surface area (Å²) in [5.41, 5.74) is 3.01. The second-order valence-corrected chi connectivity index (χ2v) is 6.85. The molecule has 0 radical (unpaired) electrons. The van der Waals surface area contributed by atoms with Crippen LogP contribution in [0.5, 0.6) is 0 Å². The number of para-hydroxylation sites is 1. The fourth-order valence-electron chi connectivity index (χ4n) is 3.38. The molecular formula is C20H28N4O2. The van der Waals surface area contributed by atoms with Gasteiger partial charge in [0.15, 0.2) is 0 Å². The number of piperazine rings is 1. The summed E-state index contributed by atoms with van der Waals surface area (Å²) in [5.74, 6) is 0.766. The molecule has 0 saturated carbocycles. The zero-order valence-corrected chi connectivity index (χ0v) is 15.7. The molecule has 1 aliphatic heterocycles. The molecule has 1 aliphatic rings. The fraction of sp³-hybridized carbons (Fsp3) is 0.500. The third-order valence-electron chi connectivity index (χ3n) is 4.99. The van der Waals surface area contributed by atoms with Crippen LogP contribution in [0.25, 0.3) is 0 Å². The molecule has 0 unspecified atom stereocenters. The van der Waals surface area contributed by atoms with Crippen molar-refractivity contribution in [2.45, 2.75) is 26.7 Å². The van der Waals surface area contributed by atoms with Crippen LogP contribution in [-0.2, 0) is 11.2 Å². The molecule has 1 saturated heterocycles. The maximum Gasteiger partial charge on any atom is 0.224 e. The van der Waals surface area contributed by atoms with Gasteiger partial charge in [-0.1, -0.05) is 23.4 Å². The first kappa shape index (κ1) is 18.5. The van der Waals surface area contributed by atoms with Gasteiger partial charge < -0.3 is 14.7 Å². The largest absolute Gasteiger partial charge is 0.369 e. The summed E-state index contributed by atoms with van der Waals surface area (Å²) in [6.07, 6.45) is 1.32. The van der Waals surface area contributed by atoms with E-state index in [1.165, 1.54) is 5.69 Å². The van der Waals surface area contributed by atoms with E-state index in [0.717, 1.165) is 56.2 Å². The Morgan fingerprint density at radius 1 is 1.15 bits per heavy atom. The summed E-state index contributed by atoms with van der Waals surface area (Å²) in [7, 11) is 0. The van der Waals surface area contributed by atoms with Crippen molar-refractivity contribution in [3.05, 3.63) is 47.3 Å². The van der Waals surface area contributed by atoms with Crippen LogP contribution in [0.4, 0.5) is 5.69 Å². The molecule has 1 fully saturated rings. The Labute approximate surface area is 155 Å². The minimum absolute atomic E-state index is 0.0355. The Morgan fingerprint density at radius 2 is 1.88 bits per heavy atom. The number of aromatic nitrogens is 1. The van der Waals surface area contributed by atoms with E-state index in [0.29, 0.717) is 13.0 Å². The minimum Gasteiger partial charge on any atom is -0.369 e. The van der Waals surface area contributed by atoms with Gasteiger partial charge in [0.1, 0.15) is 5.76 Å². The lowest BCUT2D eigenvalue weighted by Gasteiger charge is -2.36. The summed E-state index contributed by atoms with van der Waals surface area (Å²) < 4.78 is 5.10. The normalized spacial score (nSPS) is 15.2. The third-order valence-corrected chi connectivity index (χ3v) is 4.99. The van der Waals surface area contributed by atoms with E-state index < -0.39 is 0 Å². The van der Waals surface area contributed by atoms with Crippen molar-refractivity contribution >= 4 is 11.6 Å².